The molecule has 23 heavy (non-hydrogen) atoms. The molecule has 0 bridgehead atoms. The van der Waals surface area contributed by atoms with Crippen molar-refractivity contribution >= 4 is 21.9 Å². The lowest BCUT2D eigenvalue weighted by molar-refractivity contribution is 0.582. The first kappa shape index (κ1) is 15.9. The molecule has 0 atom stereocenters. The van der Waals surface area contributed by atoms with Gasteiger partial charge in [-0.1, -0.05) is 24.3 Å². The molecule has 0 spiro atoms. The Morgan fingerprint density at radius 3 is 1.96 bits per heavy atom. The standard InChI is InChI=1S/C18H16F2O2S/c19-15-8-14(9-16(20)10-15)18-3-1-2-17(18)13-6-4-12(5-7-13)11-23(21)22/h4-10,23H,1-3,11H2. The van der Waals surface area contributed by atoms with E-state index in [4.69, 9.17) is 0 Å². The van der Waals surface area contributed by atoms with Gasteiger partial charge in [0.1, 0.15) is 22.3 Å². The molecule has 0 saturated carbocycles. The molecular formula is C18H16F2O2S. The number of thiol groups is 1. The van der Waals surface area contributed by atoms with Gasteiger partial charge in [0.2, 0.25) is 0 Å². The van der Waals surface area contributed by atoms with E-state index < -0.39 is 22.3 Å². The van der Waals surface area contributed by atoms with E-state index in [1.165, 1.54) is 12.1 Å². The van der Waals surface area contributed by atoms with Crippen LogP contribution in [0.1, 0.15) is 36.0 Å². The summed E-state index contributed by atoms with van der Waals surface area (Å²) < 4.78 is 48.5. The zero-order chi connectivity index (χ0) is 16.4. The maximum absolute atomic E-state index is 13.5. The summed E-state index contributed by atoms with van der Waals surface area (Å²) in [5.41, 5.74) is 4.34. The highest BCUT2D eigenvalue weighted by Gasteiger charge is 2.18. The normalized spacial score (nSPS) is 14.7. The number of hydrogen-bond donors (Lipinski definition) is 1. The lowest BCUT2D eigenvalue weighted by Gasteiger charge is -2.09. The fourth-order valence-corrected chi connectivity index (χ4v) is 3.58. The summed E-state index contributed by atoms with van der Waals surface area (Å²) in [6.07, 6.45) is 2.58. The van der Waals surface area contributed by atoms with Crippen LogP contribution < -0.4 is 0 Å². The second kappa shape index (κ2) is 6.62. The highest BCUT2D eigenvalue weighted by molar-refractivity contribution is 7.71. The van der Waals surface area contributed by atoms with Crippen LogP contribution in [0, 0.1) is 11.6 Å². The average Bonchev–Trinajstić information content (AvgIpc) is 2.96. The number of hydrogen-bond acceptors (Lipinski definition) is 2. The van der Waals surface area contributed by atoms with E-state index in [1.54, 1.807) is 12.1 Å². The SMILES string of the molecule is O=[SH](=O)Cc1ccc(C2=C(c3cc(F)cc(F)c3)CCC2)cc1. The molecule has 0 aromatic heterocycles. The van der Waals surface area contributed by atoms with Crippen LogP contribution in [0.4, 0.5) is 8.78 Å². The van der Waals surface area contributed by atoms with Gasteiger partial charge in [-0.15, -0.1) is 0 Å². The topological polar surface area (TPSA) is 34.1 Å². The van der Waals surface area contributed by atoms with Gasteiger partial charge in [0, 0.05) is 6.07 Å². The minimum absolute atomic E-state index is 0.0244. The first-order chi connectivity index (χ1) is 11.0. The van der Waals surface area contributed by atoms with Crippen LogP contribution in [0.25, 0.3) is 11.1 Å². The van der Waals surface area contributed by atoms with Crippen molar-refractivity contribution in [3.8, 4) is 0 Å². The molecule has 2 aromatic rings. The molecule has 0 unspecified atom stereocenters. The summed E-state index contributed by atoms with van der Waals surface area (Å²) >= 11 is 0. The maximum Gasteiger partial charge on any atom is 0.144 e. The summed E-state index contributed by atoms with van der Waals surface area (Å²) in [6, 6.07) is 10.9. The smallest absolute Gasteiger partial charge is 0.144 e. The van der Waals surface area contributed by atoms with Crippen molar-refractivity contribution in [3.05, 3.63) is 70.8 Å². The molecule has 5 heteroatoms. The fraction of sp³-hybridized carbons (Fsp3) is 0.222. The predicted octanol–water partition coefficient (Wildman–Crippen LogP) is 4.17. The van der Waals surface area contributed by atoms with Gasteiger partial charge in [-0.25, -0.2) is 17.2 Å². The van der Waals surface area contributed by atoms with Crippen LogP contribution in [0.2, 0.25) is 0 Å². The molecule has 0 amide bonds. The minimum Gasteiger partial charge on any atom is -0.232 e. The Kier molecular flexibility index (Phi) is 4.57. The van der Waals surface area contributed by atoms with Crippen molar-refractivity contribution < 1.29 is 17.2 Å². The molecular weight excluding hydrogens is 318 g/mol. The average molecular weight is 334 g/mol. The molecule has 0 radical (unpaired) electrons. The van der Waals surface area contributed by atoms with Crippen molar-refractivity contribution in [2.75, 3.05) is 0 Å². The summed E-state index contributed by atoms with van der Waals surface area (Å²) in [4.78, 5) is 0. The molecule has 1 aliphatic carbocycles. The minimum atomic E-state index is -2.44. The van der Waals surface area contributed by atoms with Gasteiger partial charge >= 0.3 is 0 Å². The Morgan fingerprint density at radius 2 is 1.39 bits per heavy atom. The van der Waals surface area contributed by atoms with Crippen molar-refractivity contribution in [1.29, 1.82) is 0 Å². The third kappa shape index (κ3) is 3.67. The van der Waals surface area contributed by atoms with Crippen LogP contribution in [0.5, 0.6) is 0 Å². The van der Waals surface area contributed by atoms with Gasteiger partial charge in [-0.2, -0.15) is 0 Å². The zero-order valence-corrected chi connectivity index (χ0v) is 13.3. The molecule has 0 fully saturated rings. The summed E-state index contributed by atoms with van der Waals surface area (Å²) in [6.45, 7) is 0. The van der Waals surface area contributed by atoms with Gasteiger partial charge in [-0.05, 0) is 59.2 Å². The Hall–Kier alpha value is -2.01. The van der Waals surface area contributed by atoms with Crippen molar-refractivity contribution in [2.24, 2.45) is 0 Å². The summed E-state index contributed by atoms with van der Waals surface area (Å²) in [5, 5.41) is 0. The molecule has 0 heterocycles. The van der Waals surface area contributed by atoms with E-state index in [0.29, 0.717) is 5.56 Å². The van der Waals surface area contributed by atoms with E-state index in [0.717, 1.165) is 47.6 Å². The lowest BCUT2D eigenvalue weighted by atomic mass is 9.96. The molecule has 120 valence electrons. The van der Waals surface area contributed by atoms with Crippen LogP contribution in [0.3, 0.4) is 0 Å². The van der Waals surface area contributed by atoms with Gasteiger partial charge < -0.3 is 0 Å². The van der Waals surface area contributed by atoms with Gasteiger partial charge in [0.15, 0.2) is 0 Å². The number of benzene rings is 2. The number of halogens is 2. The Labute approximate surface area is 135 Å². The van der Waals surface area contributed by atoms with Crippen molar-refractivity contribution in [1.82, 2.24) is 0 Å². The Morgan fingerprint density at radius 1 is 0.826 bits per heavy atom. The van der Waals surface area contributed by atoms with Gasteiger partial charge in [0.25, 0.3) is 0 Å². The predicted molar refractivity (Wildman–Crippen MR) is 87.5 cm³/mol. The summed E-state index contributed by atoms with van der Waals surface area (Å²) in [5.74, 6) is -1.13. The van der Waals surface area contributed by atoms with E-state index in [-0.39, 0.29) is 5.75 Å². The second-order valence-corrected chi connectivity index (χ2v) is 6.64. The molecule has 0 aliphatic heterocycles. The molecule has 2 nitrogen and oxygen atoms in total. The maximum atomic E-state index is 13.5. The van der Waals surface area contributed by atoms with Crippen LogP contribution in [-0.2, 0) is 16.5 Å². The fourth-order valence-electron chi connectivity index (χ4n) is 3.07. The van der Waals surface area contributed by atoms with Gasteiger partial charge in [-0.3, -0.25) is 0 Å². The van der Waals surface area contributed by atoms with E-state index in [9.17, 15) is 17.2 Å². The van der Waals surface area contributed by atoms with Gasteiger partial charge in [0.05, 0.1) is 5.75 Å². The van der Waals surface area contributed by atoms with E-state index in [2.05, 4.69) is 0 Å². The van der Waals surface area contributed by atoms with Crippen LogP contribution in [-0.4, -0.2) is 8.42 Å². The number of rotatable bonds is 4. The highest BCUT2D eigenvalue weighted by atomic mass is 32.2. The Bertz CT molecular complexity index is 808. The van der Waals surface area contributed by atoms with E-state index in [1.807, 2.05) is 12.1 Å². The quantitative estimate of drug-likeness (QED) is 0.852. The monoisotopic (exact) mass is 334 g/mol. The second-order valence-electron chi connectivity index (χ2n) is 5.66. The molecule has 3 rings (SSSR count). The third-order valence-corrected chi connectivity index (χ3v) is 4.67. The lowest BCUT2D eigenvalue weighted by Crippen LogP contribution is -1.91. The number of allylic oxidation sites excluding steroid dienone is 2. The van der Waals surface area contributed by atoms with Crippen molar-refractivity contribution in [3.63, 3.8) is 0 Å². The summed E-state index contributed by atoms with van der Waals surface area (Å²) in [7, 11) is -2.44. The zero-order valence-electron chi connectivity index (χ0n) is 12.4. The first-order valence-electron chi connectivity index (χ1n) is 7.42. The highest BCUT2D eigenvalue weighted by Crippen LogP contribution is 2.40. The third-order valence-electron chi connectivity index (χ3n) is 4.04. The molecule has 0 saturated heterocycles. The largest absolute Gasteiger partial charge is 0.232 e. The van der Waals surface area contributed by atoms with Crippen LogP contribution >= 0.6 is 0 Å². The van der Waals surface area contributed by atoms with Crippen LogP contribution in [0.15, 0.2) is 42.5 Å². The first-order valence-corrected chi connectivity index (χ1v) is 8.79. The van der Waals surface area contributed by atoms with E-state index >= 15 is 0 Å². The van der Waals surface area contributed by atoms with Crippen molar-refractivity contribution in [2.45, 2.75) is 25.0 Å². The molecule has 1 aliphatic rings. The molecule has 0 N–H and O–H groups in total. The Balaban J connectivity index is 1.99. The molecule has 2 aromatic carbocycles.